The maximum absolute atomic E-state index is 12.5. The first-order chi connectivity index (χ1) is 16.5. The van der Waals surface area contributed by atoms with Crippen LogP contribution in [0.1, 0.15) is 34.3 Å². The minimum atomic E-state index is -0.229. The van der Waals surface area contributed by atoms with E-state index in [0.29, 0.717) is 29.2 Å². The molecule has 3 amide bonds. The minimum Gasteiger partial charge on any atom is -0.376 e. The molecule has 7 heteroatoms. The zero-order chi connectivity index (χ0) is 23.9. The van der Waals surface area contributed by atoms with Crippen molar-refractivity contribution in [3.05, 3.63) is 89.5 Å². The van der Waals surface area contributed by atoms with Gasteiger partial charge in [-0.1, -0.05) is 42.5 Å². The summed E-state index contributed by atoms with van der Waals surface area (Å²) in [6, 6.07) is 22.2. The molecule has 7 nitrogen and oxygen atoms in total. The van der Waals surface area contributed by atoms with E-state index < -0.39 is 0 Å². The molecule has 0 heterocycles. The molecule has 1 saturated carbocycles. The lowest BCUT2D eigenvalue weighted by Gasteiger charge is -2.14. The van der Waals surface area contributed by atoms with Crippen molar-refractivity contribution >= 4 is 34.8 Å². The van der Waals surface area contributed by atoms with E-state index in [9.17, 15) is 14.4 Å². The number of hydrogen-bond acceptors (Lipinski definition) is 4. The molecule has 0 unspecified atom stereocenters. The quantitative estimate of drug-likeness (QED) is 0.385. The summed E-state index contributed by atoms with van der Waals surface area (Å²) in [5.41, 5.74) is 4.36. The second-order valence-corrected chi connectivity index (χ2v) is 8.39. The highest BCUT2D eigenvalue weighted by molar-refractivity contribution is 5.99. The van der Waals surface area contributed by atoms with Crippen molar-refractivity contribution in [2.24, 2.45) is 5.92 Å². The zero-order valence-electron chi connectivity index (χ0n) is 19.1. The Hall–Kier alpha value is -4.13. The van der Waals surface area contributed by atoms with Crippen LogP contribution in [0.5, 0.6) is 0 Å². The van der Waals surface area contributed by atoms with E-state index in [1.54, 1.807) is 36.4 Å². The van der Waals surface area contributed by atoms with Crippen LogP contribution in [0.25, 0.3) is 0 Å². The number of nitrogens with one attached hydrogen (secondary N) is 4. The molecule has 4 rings (SSSR count). The minimum absolute atomic E-state index is 0.0286. The molecule has 0 saturated heterocycles. The third-order valence-electron chi connectivity index (χ3n) is 5.69. The molecule has 1 aliphatic carbocycles. The number of benzene rings is 3. The molecule has 0 radical (unpaired) electrons. The SMILES string of the molecule is Cc1c(NC(=O)CNc2cccc(C(=O)NCc3ccccc3)c2)cccc1NC(=O)C1CC1. The Labute approximate surface area is 199 Å². The molecule has 3 aromatic carbocycles. The second-order valence-electron chi connectivity index (χ2n) is 8.39. The number of anilines is 3. The van der Waals surface area contributed by atoms with Crippen LogP contribution in [0.15, 0.2) is 72.8 Å². The monoisotopic (exact) mass is 456 g/mol. The van der Waals surface area contributed by atoms with Crippen molar-refractivity contribution in [3.63, 3.8) is 0 Å². The molecule has 0 aliphatic heterocycles. The van der Waals surface area contributed by atoms with Gasteiger partial charge in [0.2, 0.25) is 11.8 Å². The predicted molar refractivity (Wildman–Crippen MR) is 134 cm³/mol. The summed E-state index contributed by atoms with van der Waals surface area (Å²) in [7, 11) is 0. The molecule has 0 atom stereocenters. The van der Waals surface area contributed by atoms with E-state index in [0.717, 1.165) is 24.0 Å². The van der Waals surface area contributed by atoms with E-state index >= 15 is 0 Å². The van der Waals surface area contributed by atoms with Crippen LogP contribution < -0.4 is 21.3 Å². The Morgan fingerprint density at radius 1 is 0.853 bits per heavy atom. The highest BCUT2D eigenvalue weighted by Crippen LogP contribution is 2.31. The van der Waals surface area contributed by atoms with E-state index in [4.69, 9.17) is 0 Å². The Kier molecular flexibility index (Phi) is 7.22. The van der Waals surface area contributed by atoms with Crippen LogP contribution in [0, 0.1) is 12.8 Å². The van der Waals surface area contributed by atoms with Gasteiger partial charge in [0.25, 0.3) is 5.91 Å². The van der Waals surface area contributed by atoms with Crippen LogP contribution >= 0.6 is 0 Å². The summed E-state index contributed by atoms with van der Waals surface area (Å²) in [5.74, 6) is -0.274. The summed E-state index contributed by atoms with van der Waals surface area (Å²) in [6.45, 7) is 2.34. The van der Waals surface area contributed by atoms with E-state index in [-0.39, 0.29) is 30.2 Å². The van der Waals surface area contributed by atoms with Gasteiger partial charge < -0.3 is 21.3 Å². The maximum Gasteiger partial charge on any atom is 0.251 e. The molecule has 0 aromatic heterocycles. The van der Waals surface area contributed by atoms with Gasteiger partial charge in [0, 0.05) is 35.1 Å². The molecule has 0 bridgehead atoms. The van der Waals surface area contributed by atoms with Crippen LogP contribution in [-0.4, -0.2) is 24.3 Å². The lowest BCUT2D eigenvalue weighted by atomic mass is 10.1. The van der Waals surface area contributed by atoms with Gasteiger partial charge in [0.1, 0.15) is 0 Å². The van der Waals surface area contributed by atoms with Crippen molar-refractivity contribution in [2.75, 3.05) is 22.5 Å². The first-order valence-electron chi connectivity index (χ1n) is 11.4. The topological polar surface area (TPSA) is 99.3 Å². The normalized spacial score (nSPS) is 12.5. The zero-order valence-corrected chi connectivity index (χ0v) is 19.1. The molecule has 4 N–H and O–H groups in total. The summed E-state index contributed by atoms with van der Waals surface area (Å²) in [6.07, 6.45) is 1.87. The molecular weight excluding hydrogens is 428 g/mol. The molecule has 34 heavy (non-hydrogen) atoms. The molecule has 3 aromatic rings. The maximum atomic E-state index is 12.5. The number of carbonyl (C=O) groups is 3. The molecule has 0 spiro atoms. The van der Waals surface area contributed by atoms with Crippen LogP contribution in [-0.2, 0) is 16.1 Å². The Morgan fingerprint density at radius 2 is 1.56 bits per heavy atom. The van der Waals surface area contributed by atoms with E-state index in [1.165, 1.54) is 0 Å². The highest BCUT2D eigenvalue weighted by Gasteiger charge is 2.29. The van der Waals surface area contributed by atoms with Gasteiger partial charge in [-0.2, -0.15) is 0 Å². The van der Waals surface area contributed by atoms with Crippen molar-refractivity contribution in [1.82, 2.24) is 5.32 Å². The first-order valence-corrected chi connectivity index (χ1v) is 11.4. The number of amides is 3. The van der Waals surface area contributed by atoms with Gasteiger partial charge in [-0.25, -0.2) is 0 Å². The molecule has 174 valence electrons. The summed E-state index contributed by atoms with van der Waals surface area (Å²) in [4.78, 5) is 37.1. The lowest BCUT2D eigenvalue weighted by molar-refractivity contribution is -0.117. The first kappa shape index (κ1) is 23.0. The van der Waals surface area contributed by atoms with Crippen molar-refractivity contribution < 1.29 is 14.4 Å². The van der Waals surface area contributed by atoms with Gasteiger partial charge >= 0.3 is 0 Å². The lowest BCUT2D eigenvalue weighted by Crippen LogP contribution is -2.24. The summed E-state index contributed by atoms with van der Waals surface area (Å²) >= 11 is 0. The van der Waals surface area contributed by atoms with E-state index in [1.807, 2.05) is 43.3 Å². The largest absolute Gasteiger partial charge is 0.376 e. The average Bonchev–Trinajstić information content (AvgIpc) is 3.70. The molecule has 1 fully saturated rings. The predicted octanol–water partition coefficient (Wildman–Crippen LogP) is 4.32. The van der Waals surface area contributed by atoms with Gasteiger partial charge in [-0.3, -0.25) is 14.4 Å². The molecular formula is C27H28N4O3. The van der Waals surface area contributed by atoms with Crippen molar-refractivity contribution in [2.45, 2.75) is 26.3 Å². The fourth-order valence-corrected chi connectivity index (χ4v) is 3.51. The van der Waals surface area contributed by atoms with Crippen LogP contribution in [0.3, 0.4) is 0 Å². The Balaban J connectivity index is 1.30. The van der Waals surface area contributed by atoms with Crippen LogP contribution in [0.4, 0.5) is 17.1 Å². The second kappa shape index (κ2) is 10.7. The fourth-order valence-electron chi connectivity index (χ4n) is 3.51. The Bertz CT molecular complexity index is 1190. The highest BCUT2D eigenvalue weighted by atomic mass is 16.2. The summed E-state index contributed by atoms with van der Waals surface area (Å²) in [5, 5.41) is 11.8. The van der Waals surface area contributed by atoms with Gasteiger partial charge in [0.05, 0.1) is 6.54 Å². The average molecular weight is 457 g/mol. The van der Waals surface area contributed by atoms with Crippen molar-refractivity contribution in [1.29, 1.82) is 0 Å². The number of rotatable bonds is 9. The standard InChI is InChI=1S/C27H28N4O3/c1-18-23(11-6-12-24(18)31-27(34)20-13-14-20)30-25(32)17-28-22-10-5-9-21(15-22)26(33)29-16-19-7-3-2-4-8-19/h2-12,15,20,28H,13-14,16-17H2,1H3,(H,29,33)(H,30,32)(H,31,34). The summed E-state index contributed by atoms with van der Waals surface area (Å²) < 4.78 is 0. The third-order valence-corrected chi connectivity index (χ3v) is 5.69. The smallest absolute Gasteiger partial charge is 0.251 e. The van der Waals surface area contributed by atoms with Gasteiger partial charge in [-0.15, -0.1) is 0 Å². The van der Waals surface area contributed by atoms with Gasteiger partial charge in [0.15, 0.2) is 0 Å². The van der Waals surface area contributed by atoms with E-state index in [2.05, 4.69) is 21.3 Å². The third kappa shape index (κ3) is 6.22. The van der Waals surface area contributed by atoms with Crippen molar-refractivity contribution in [3.8, 4) is 0 Å². The number of carbonyl (C=O) groups excluding carboxylic acids is 3. The number of hydrogen-bond donors (Lipinski definition) is 4. The van der Waals surface area contributed by atoms with Gasteiger partial charge in [-0.05, 0) is 61.2 Å². The fraction of sp³-hybridized carbons (Fsp3) is 0.222. The Morgan fingerprint density at radius 3 is 2.29 bits per heavy atom. The molecule has 1 aliphatic rings. The van der Waals surface area contributed by atoms with Crippen LogP contribution in [0.2, 0.25) is 0 Å².